The van der Waals surface area contributed by atoms with Crippen molar-refractivity contribution in [1.82, 2.24) is 0 Å². The first kappa shape index (κ1) is 15.0. The van der Waals surface area contributed by atoms with Gasteiger partial charge in [0.05, 0.1) is 24.8 Å². The van der Waals surface area contributed by atoms with E-state index >= 15 is 0 Å². The van der Waals surface area contributed by atoms with E-state index in [1.807, 2.05) is 0 Å². The molecule has 0 amide bonds. The summed E-state index contributed by atoms with van der Waals surface area (Å²) in [4.78, 5) is 13.9. The molecule has 19 heavy (non-hydrogen) atoms. The van der Waals surface area contributed by atoms with Crippen LogP contribution in [0.2, 0.25) is 0 Å². The van der Waals surface area contributed by atoms with Crippen LogP contribution in [-0.2, 0) is 4.74 Å². The number of ether oxygens (including phenoxy) is 1. The van der Waals surface area contributed by atoms with Gasteiger partial charge in [-0.2, -0.15) is 0 Å². The quantitative estimate of drug-likeness (QED) is 0.351. The molecule has 0 heterocycles. The van der Waals surface area contributed by atoms with Gasteiger partial charge in [0.15, 0.2) is 0 Å². The summed E-state index contributed by atoms with van der Waals surface area (Å²) in [6.07, 6.45) is -2.37. The fourth-order valence-corrected chi connectivity index (χ4v) is 1.47. The van der Waals surface area contributed by atoms with Crippen LogP contribution < -0.4 is 0 Å². The van der Waals surface area contributed by atoms with Crippen LogP contribution in [0.3, 0.4) is 0 Å². The number of esters is 1. The highest BCUT2D eigenvalue weighted by Crippen LogP contribution is 2.18. The van der Waals surface area contributed by atoms with Gasteiger partial charge in [0.1, 0.15) is 6.10 Å². The minimum Gasteiger partial charge on any atom is -0.462 e. The molecule has 0 saturated heterocycles. The number of aliphatic hydroxyl groups is 2. The van der Waals surface area contributed by atoms with E-state index in [2.05, 4.69) is 10.0 Å². The third kappa shape index (κ3) is 4.26. The molecular weight excluding hydrogens is 250 g/mol. The standard InChI is InChI=1S/C12H15N3O4/c1-2-19-12(18)9-5-3-8(4-6-9)11(17)10(16)7-14-15-13/h3-6,10-11,16-17H,2,7H2,1H3. The molecule has 1 aromatic rings. The summed E-state index contributed by atoms with van der Waals surface area (Å²) in [5.74, 6) is -0.446. The molecule has 0 fully saturated rings. The molecule has 0 aliphatic rings. The van der Waals surface area contributed by atoms with Crippen LogP contribution in [0, 0.1) is 0 Å². The number of hydrogen-bond donors (Lipinski definition) is 2. The van der Waals surface area contributed by atoms with Crippen molar-refractivity contribution >= 4 is 5.97 Å². The lowest BCUT2D eigenvalue weighted by molar-refractivity contribution is 0.0244. The molecule has 0 bridgehead atoms. The molecule has 1 aromatic carbocycles. The average molecular weight is 265 g/mol. The van der Waals surface area contributed by atoms with E-state index in [1.165, 1.54) is 24.3 Å². The Morgan fingerprint density at radius 1 is 1.42 bits per heavy atom. The van der Waals surface area contributed by atoms with Crippen molar-refractivity contribution in [1.29, 1.82) is 0 Å². The number of carbonyl (C=O) groups is 1. The lowest BCUT2D eigenvalue weighted by Crippen LogP contribution is -2.21. The highest BCUT2D eigenvalue weighted by atomic mass is 16.5. The summed E-state index contributed by atoms with van der Waals surface area (Å²) in [7, 11) is 0. The van der Waals surface area contributed by atoms with Gasteiger partial charge in [-0.25, -0.2) is 4.79 Å². The summed E-state index contributed by atoms with van der Waals surface area (Å²) in [6, 6.07) is 6.01. The fourth-order valence-electron chi connectivity index (χ4n) is 1.47. The molecule has 0 radical (unpaired) electrons. The second kappa shape index (κ2) is 7.38. The largest absolute Gasteiger partial charge is 0.462 e. The van der Waals surface area contributed by atoms with Gasteiger partial charge < -0.3 is 14.9 Å². The maximum atomic E-state index is 11.4. The monoisotopic (exact) mass is 265 g/mol. The minimum absolute atomic E-state index is 0.225. The van der Waals surface area contributed by atoms with Crippen LogP contribution in [0.1, 0.15) is 28.9 Å². The zero-order valence-electron chi connectivity index (χ0n) is 10.4. The lowest BCUT2D eigenvalue weighted by Gasteiger charge is -2.16. The van der Waals surface area contributed by atoms with Gasteiger partial charge in [-0.3, -0.25) is 0 Å². The number of aliphatic hydroxyl groups excluding tert-OH is 2. The lowest BCUT2D eigenvalue weighted by atomic mass is 10.0. The third-order valence-electron chi connectivity index (χ3n) is 2.46. The van der Waals surface area contributed by atoms with Crippen molar-refractivity contribution in [2.75, 3.05) is 13.2 Å². The van der Waals surface area contributed by atoms with Gasteiger partial charge in [0.25, 0.3) is 0 Å². The molecule has 1 rings (SSSR count). The van der Waals surface area contributed by atoms with E-state index in [0.717, 1.165) is 0 Å². The highest BCUT2D eigenvalue weighted by molar-refractivity contribution is 5.89. The molecule has 0 aromatic heterocycles. The van der Waals surface area contributed by atoms with E-state index < -0.39 is 18.2 Å². The Morgan fingerprint density at radius 3 is 2.58 bits per heavy atom. The Labute approximate surface area is 110 Å². The number of hydrogen-bond acceptors (Lipinski definition) is 5. The van der Waals surface area contributed by atoms with Gasteiger partial charge in [0, 0.05) is 4.91 Å². The van der Waals surface area contributed by atoms with Crippen LogP contribution in [0.4, 0.5) is 0 Å². The third-order valence-corrected chi connectivity index (χ3v) is 2.46. The zero-order chi connectivity index (χ0) is 14.3. The summed E-state index contributed by atoms with van der Waals surface area (Å²) >= 11 is 0. The average Bonchev–Trinajstić information content (AvgIpc) is 2.44. The second-order valence-corrected chi connectivity index (χ2v) is 3.77. The Kier molecular flexibility index (Phi) is 5.81. The van der Waals surface area contributed by atoms with E-state index in [0.29, 0.717) is 11.1 Å². The molecule has 102 valence electrons. The predicted molar refractivity (Wildman–Crippen MR) is 67.4 cm³/mol. The Balaban J connectivity index is 2.75. The first-order chi connectivity index (χ1) is 9.10. The summed E-state index contributed by atoms with van der Waals surface area (Å²) < 4.78 is 4.82. The van der Waals surface area contributed by atoms with Crippen molar-refractivity contribution in [2.24, 2.45) is 5.11 Å². The van der Waals surface area contributed by atoms with Crippen molar-refractivity contribution in [3.63, 3.8) is 0 Å². The molecule has 0 aliphatic heterocycles. The summed E-state index contributed by atoms with van der Waals surface area (Å²) in [6.45, 7) is 1.77. The Bertz CT molecular complexity index is 468. The number of nitrogens with zero attached hydrogens (tertiary/aromatic N) is 3. The summed E-state index contributed by atoms with van der Waals surface area (Å²) in [5.41, 5.74) is 8.92. The molecule has 0 aliphatic carbocycles. The molecule has 2 atom stereocenters. The van der Waals surface area contributed by atoms with Crippen LogP contribution in [0.15, 0.2) is 29.4 Å². The Hall–Kier alpha value is -2.08. The normalized spacial score (nSPS) is 13.2. The fraction of sp³-hybridized carbons (Fsp3) is 0.417. The predicted octanol–water partition coefficient (Wildman–Crippen LogP) is 1.57. The number of benzene rings is 1. The smallest absolute Gasteiger partial charge is 0.338 e. The number of rotatable bonds is 6. The van der Waals surface area contributed by atoms with Gasteiger partial charge in [-0.05, 0) is 30.2 Å². The van der Waals surface area contributed by atoms with Gasteiger partial charge >= 0.3 is 5.97 Å². The molecule has 0 spiro atoms. The maximum absolute atomic E-state index is 11.4. The van der Waals surface area contributed by atoms with E-state index in [-0.39, 0.29) is 13.2 Å². The van der Waals surface area contributed by atoms with E-state index in [1.54, 1.807) is 6.92 Å². The minimum atomic E-state index is -1.19. The van der Waals surface area contributed by atoms with Crippen molar-refractivity contribution in [3.8, 4) is 0 Å². The molecule has 7 nitrogen and oxygen atoms in total. The van der Waals surface area contributed by atoms with Crippen LogP contribution in [-0.4, -0.2) is 35.4 Å². The molecular formula is C12H15N3O4. The van der Waals surface area contributed by atoms with Gasteiger partial charge in [0.2, 0.25) is 0 Å². The van der Waals surface area contributed by atoms with Gasteiger partial charge in [-0.15, -0.1) is 0 Å². The molecule has 2 unspecified atom stereocenters. The second-order valence-electron chi connectivity index (χ2n) is 3.77. The first-order valence-corrected chi connectivity index (χ1v) is 5.74. The van der Waals surface area contributed by atoms with Crippen molar-refractivity contribution in [2.45, 2.75) is 19.1 Å². The van der Waals surface area contributed by atoms with Crippen LogP contribution in [0.25, 0.3) is 10.4 Å². The molecule has 2 N–H and O–H groups in total. The van der Waals surface area contributed by atoms with Crippen LogP contribution in [0.5, 0.6) is 0 Å². The van der Waals surface area contributed by atoms with Crippen LogP contribution >= 0.6 is 0 Å². The zero-order valence-corrected chi connectivity index (χ0v) is 10.4. The van der Waals surface area contributed by atoms with Gasteiger partial charge in [-0.1, -0.05) is 17.2 Å². The first-order valence-electron chi connectivity index (χ1n) is 5.74. The van der Waals surface area contributed by atoms with Crippen molar-refractivity contribution in [3.05, 3.63) is 45.8 Å². The number of azide groups is 1. The molecule has 0 saturated carbocycles. The topological polar surface area (TPSA) is 116 Å². The van der Waals surface area contributed by atoms with Crippen molar-refractivity contribution < 1.29 is 19.7 Å². The maximum Gasteiger partial charge on any atom is 0.338 e. The molecule has 7 heteroatoms. The van der Waals surface area contributed by atoms with E-state index in [4.69, 9.17) is 10.3 Å². The van der Waals surface area contributed by atoms with E-state index in [9.17, 15) is 15.0 Å². The number of carbonyl (C=O) groups excluding carboxylic acids is 1. The Morgan fingerprint density at radius 2 is 2.05 bits per heavy atom. The SMILES string of the molecule is CCOC(=O)c1ccc(C(O)C(O)CN=[N+]=[N-])cc1. The highest BCUT2D eigenvalue weighted by Gasteiger charge is 2.18. The summed E-state index contributed by atoms with van der Waals surface area (Å²) in [5, 5.41) is 22.5.